The van der Waals surface area contributed by atoms with Crippen molar-refractivity contribution in [3.8, 4) is 0 Å². The monoisotopic (exact) mass is 399 g/mol. The van der Waals surface area contributed by atoms with Gasteiger partial charge in [0, 0.05) is 50.0 Å². The summed E-state index contributed by atoms with van der Waals surface area (Å²) >= 11 is 1.56. The number of anilines is 1. The van der Waals surface area contributed by atoms with Gasteiger partial charge in [0.15, 0.2) is 5.13 Å². The molecule has 1 fully saturated rings. The minimum absolute atomic E-state index is 0.0726. The Kier molecular flexibility index (Phi) is 6.80. The summed E-state index contributed by atoms with van der Waals surface area (Å²) in [6.45, 7) is 8.63. The number of aryl methyl sites for hydroxylation is 1. The second kappa shape index (κ2) is 9.30. The van der Waals surface area contributed by atoms with Crippen molar-refractivity contribution >= 4 is 33.4 Å². The second-order valence-corrected chi connectivity index (χ2v) is 8.12. The number of hydrogen-bond donors (Lipinski definition) is 1. The van der Waals surface area contributed by atoms with E-state index in [9.17, 15) is 4.79 Å². The molecular weight excluding hydrogens is 370 g/mol. The molecule has 1 atom stereocenters. The van der Waals surface area contributed by atoms with Gasteiger partial charge in [0.25, 0.3) is 0 Å². The van der Waals surface area contributed by atoms with E-state index in [0.717, 1.165) is 31.6 Å². The fourth-order valence-electron chi connectivity index (χ4n) is 3.74. The number of hydrogen-bond acceptors (Lipinski definition) is 5. The topological polar surface area (TPSA) is 63.1 Å². The molecule has 0 radical (unpaired) electrons. The average Bonchev–Trinajstić information content (AvgIpc) is 3.39. The molecule has 1 amide bonds. The molecule has 4 rings (SSSR count). The first-order valence-electron chi connectivity index (χ1n) is 9.92. The highest BCUT2D eigenvalue weighted by molar-refractivity contribution is 7.15. The molecule has 6 nitrogen and oxygen atoms in total. The molecule has 4 heterocycles. The van der Waals surface area contributed by atoms with Crippen molar-refractivity contribution < 1.29 is 4.79 Å². The van der Waals surface area contributed by atoms with Crippen LogP contribution in [0.1, 0.15) is 37.8 Å². The summed E-state index contributed by atoms with van der Waals surface area (Å²) in [4.78, 5) is 23.5. The minimum Gasteiger partial charge on any atom is -0.346 e. The summed E-state index contributed by atoms with van der Waals surface area (Å²) in [5.74, 6) is 0.595. The molecule has 0 spiro atoms. The van der Waals surface area contributed by atoms with E-state index < -0.39 is 0 Å². The van der Waals surface area contributed by atoms with Gasteiger partial charge in [0.05, 0.1) is 11.0 Å². The lowest BCUT2D eigenvalue weighted by molar-refractivity contribution is -0.114. The highest BCUT2D eigenvalue weighted by Crippen LogP contribution is 2.27. The van der Waals surface area contributed by atoms with Crippen LogP contribution in [0.25, 0.3) is 11.0 Å². The maximum atomic E-state index is 11.1. The molecule has 150 valence electrons. The number of aromatic nitrogens is 3. The number of rotatable bonds is 5. The van der Waals surface area contributed by atoms with Crippen molar-refractivity contribution in [3.63, 3.8) is 0 Å². The van der Waals surface area contributed by atoms with Gasteiger partial charge < -0.3 is 9.88 Å². The summed E-state index contributed by atoms with van der Waals surface area (Å²) in [5.41, 5.74) is 3.64. The fourth-order valence-corrected chi connectivity index (χ4v) is 4.64. The molecule has 0 saturated carbocycles. The van der Waals surface area contributed by atoms with Crippen molar-refractivity contribution in [2.45, 2.75) is 40.2 Å². The van der Waals surface area contributed by atoms with Crippen LogP contribution in [-0.4, -0.2) is 38.4 Å². The summed E-state index contributed by atoms with van der Waals surface area (Å²) in [7, 11) is 2.13. The minimum atomic E-state index is -0.0726. The Morgan fingerprint density at radius 2 is 2.18 bits per heavy atom. The number of carbonyl (C=O) groups excluding carboxylic acids is 1. The van der Waals surface area contributed by atoms with Crippen LogP contribution >= 0.6 is 11.3 Å². The molecule has 1 saturated heterocycles. The van der Waals surface area contributed by atoms with Crippen LogP contribution in [0, 0.1) is 5.92 Å². The third-order valence-electron chi connectivity index (χ3n) is 5.00. The number of nitrogens with one attached hydrogen (secondary N) is 1. The van der Waals surface area contributed by atoms with Gasteiger partial charge in [0.2, 0.25) is 5.91 Å². The van der Waals surface area contributed by atoms with Gasteiger partial charge in [0.1, 0.15) is 0 Å². The highest BCUT2D eigenvalue weighted by atomic mass is 32.1. The van der Waals surface area contributed by atoms with Crippen LogP contribution in [0.2, 0.25) is 0 Å². The molecule has 1 unspecified atom stereocenters. The van der Waals surface area contributed by atoms with Crippen molar-refractivity contribution in [3.05, 3.63) is 41.2 Å². The van der Waals surface area contributed by atoms with Gasteiger partial charge in [-0.1, -0.05) is 13.8 Å². The van der Waals surface area contributed by atoms with Crippen molar-refractivity contribution in [2.24, 2.45) is 13.0 Å². The predicted molar refractivity (Wildman–Crippen MR) is 116 cm³/mol. The van der Waals surface area contributed by atoms with Crippen LogP contribution in [0.3, 0.4) is 0 Å². The highest BCUT2D eigenvalue weighted by Gasteiger charge is 2.24. The molecule has 3 aromatic rings. The summed E-state index contributed by atoms with van der Waals surface area (Å²) in [5, 5.41) is 3.44. The number of amides is 1. The Balaban J connectivity index is 0.00000109. The maximum Gasteiger partial charge on any atom is 0.223 e. The van der Waals surface area contributed by atoms with E-state index in [1.165, 1.54) is 29.4 Å². The van der Waals surface area contributed by atoms with Crippen LogP contribution < -0.4 is 5.32 Å². The van der Waals surface area contributed by atoms with E-state index >= 15 is 0 Å². The molecule has 1 N–H and O–H groups in total. The molecule has 1 aliphatic heterocycles. The summed E-state index contributed by atoms with van der Waals surface area (Å²) < 4.78 is 2.27. The zero-order chi connectivity index (χ0) is 20.1. The van der Waals surface area contributed by atoms with Gasteiger partial charge in [-0.15, -0.1) is 11.3 Å². The predicted octanol–water partition coefficient (Wildman–Crippen LogP) is 4.08. The molecule has 0 aromatic carbocycles. The van der Waals surface area contributed by atoms with E-state index in [2.05, 4.69) is 43.9 Å². The smallest absolute Gasteiger partial charge is 0.223 e. The Morgan fingerprint density at radius 3 is 2.93 bits per heavy atom. The SMILES string of the molecule is CC.CC(=O)Nc1ncc(CN2CCC(Cc3cc4ncccc4n3C)C2)s1. The number of fused-ring (bicyclic) bond motifs is 1. The van der Waals surface area contributed by atoms with Gasteiger partial charge in [-0.05, 0) is 43.5 Å². The number of likely N-dealkylation sites (tertiary alicyclic amines) is 1. The lowest BCUT2D eigenvalue weighted by Gasteiger charge is -2.15. The quantitative estimate of drug-likeness (QED) is 0.702. The van der Waals surface area contributed by atoms with E-state index in [-0.39, 0.29) is 5.91 Å². The third-order valence-corrected chi connectivity index (χ3v) is 5.89. The van der Waals surface area contributed by atoms with Crippen LogP contribution in [0.4, 0.5) is 5.13 Å². The summed E-state index contributed by atoms with van der Waals surface area (Å²) in [6.07, 6.45) is 6.03. The largest absolute Gasteiger partial charge is 0.346 e. The Labute approximate surface area is 170 Å². The van der Waals surface area contributed by atoms with E-state index in [4.69, 9.17) is 0 Å². The second-order valence-electron chi connectivity index (χ2n) is 7.01. The van der Waals surface area contributed by atoms with Gasteiger partial charge in [-0.2, -0.15) is 0 Å². The van der Waals surface area contributed by atoms with E-state index in [1.54, 1.807) is 11.3 Å². The zero-order valence-electron chi connectivity index (χ0n) is 17.1. The van der Waals surface area contributed by atoms with Crippen LogP contribution in [-0.2, 0) is 24.8 Å². The first-order valence-corrected chi connectivity index (χ1v) is 10.7. The Morgan fingerprint density at radius 1 is 1.36 bits per heavy atom. The molecule has 1 aliphatic rings. The number of nitrogens with zero attached hydrogens (tertiary/aromatic N) is 4. The number of thiazole rings is 1. The van der Waals surface area contributed by atoms with Crippen LogP contribution in [0.15, 0.2) is 30.6 Å². The Hall–Kier alpha value is -2.25. The molecular formula is C21H29N5OS. The van der Waals surface area contributed by atoms with Crippen molar-refractivity contribution in [1.82, 2.24) is 19.4 Å². The fraction of sp³-hybridized carbons (Fsp3) is 0.476. The average molecular weight is 400 g/mol. The molecule has 0 bridgehead atoms. The van der Waals surface area contributed by atoms with Gasteiger partial charge >= 0.3 is 0 Å². The normalized spacial score (nSPS) is 16.8. The van der Waals surface area contributed by atoms with Gasteiger partial charge in [-0.3, -0.25) is 14.7 Å². The number of carbonyl (C=O) groups is 1. The molecule has 0 aliphatic carbocycles. The van der Waals surface area contributed by atoms with Gasteiger partial charge in [-0.25, -0.2) is 4.98 Å². The third kappa shape index (κ3) is 4.77. The Bertz CT molecular complexity index is 932. The van der Waals surface area contributed by atoms with Crippen molar-refractivity contribution in [1.29, 1.82) is 0 Å². The van der Waals surface area contributed by atoms with E-state index in [0.29, 0.717) is 11.0 Å². The maximum absolute atomic E-state index is 11.1. The zero-order valence-corrected chi connectivity index (χ0v) is 17.9. The van der Waals surface area contributed by atoms with Crippen LogP contribution in [0.5, 0.6) is 0 Å². The molecule has 7 heteroatoms. The lowest BCUT2D eigenvalue weighted by Crippen LogP contribution is -2.20. The molecule has 3 aromatic heterocycles. The standard InChI is InChI=1S/C19H23N5OS.C2H6/c1-13(25)22-19-21-10-16(26-19)12-24-7-5-14(11-24)8-15-9-17-18(23(15)2)4-3-6-20-17;1-2/h3-4,6,9-10,14H,5,7-8,11-12H2,1-2H3,(H,21,22,25);1-2H3. The first-order chi connectivity index (χ1) is 13.6. The molecule has 28 heavy (non-hydrogen) atoms. The van der Waals surface area contributed by atoms with Crippen molar-refractivity contribution in [2.75, 3.05) is 18.4 Å². The lowest BCUT2D eigenvalue weighted by atomic mass is 10.0. The van der Waals surface area contributed by atoms with E-state index in [1.807, 2.05) is 32.3 Å². The summed E-state index contributed by atoms with van der Waals surface area (Å²) in [6, 6.07) is 6.35. The number of pyridine rings is 1. The first kappa shape index (κ1) is 20.5.